The number of hydrogen-bond acceptors (Lipinski definition) is 2. The van der Waals surface area contributed by atoms with Crippen molar-refractivity contribution in [2.45, 2.75) is 45.1 Å². The smallest absolute Gasteiger partial charge is 0.330 e. The predicted octanol–water partition coefficient (Wildman–Crippen LogP) is 2.93. The molecule has 0 radical (unpaired) electrons. The van der Waals surface area contributed by atoms with Crippen LogP contribution in [0.5, 0.6) is 0 Å². The second-order valence-electron chi connectivity index (χ2n) is 6.39. The van der Waals surface area contributed by atoms with Gasteiger partial charge in [0.05, 0.1) is 0 Å². The lowest BCUT2D eigenvalue weighted by molar-refractivity contribution is -0.174. The topological polar surface area (TPSA) is 26.3 Å². The number of ether oxygens (including phenoxy) is 1. The van der Waals surface area contributed by atoms with E-state index in [4.69, 9.17) is 4.74 Å². The van der Waals surface area contributed by atoms with E-state index in [9.17, 15) is 4.79 Å². The summed E-state index contributed by atoms with van der Waals surface area (Å²) in [5.74, 6) is 1.92. The highest BCUT2D eigenvalue weighted by Crippen LogP contribution is 2.60. The van der Waals surface area contributed by atoms with Crippen molar-refractivity contribution in [3.8, 4) is 0 Å². The zero-order chi connectivity index (χ0) is 11.3. The number of esters is 1. The Morgan fingerprint density at radius 3 is 2.44 bits per heavy atom. The molecule has 0 aliphatic heterocycles. The molecule has 0 aromatic heterocycles. The van der Waals surface area contributed by atoms with Gasteiger partial charge in [0.1, 0.15) is 6.10 Å². The largest absolute Gasteiger partial charge is 0.459 e. The Morgan fingerprint density at radius 2 is 1.94 bits per heavy atom. The maximum Gasteiger partial charge on any atom is 0.330 e. The third kappa shape index (κ3) is 1.50. The molecule has 0 saturated heterocycles. The van der Waals surface area contributed by atoms with Gasteiger partial charge in [-0.3, -0.25) is 0 Å². The van der Waals surface area contributed by atoms with Gasteiger partial charge in [0, 0.05) is 6.08 Å². The first kappa shape index (κ1) is 10.4. The number of carbonyl (C=O) groups is 1. The molecular weight excluding hydrogens is 200 g/mol. The first-order chi connectivity index (χ1) is 7.59. The van der Waals surface area contributed by atoms with E-state index in [1.54, 1.807) is 0 Å². The molecule has 0 N–H and O–H groups in total. The zero-order valence-corrected chi connectivity index (χ0v) is 9.95. The fourth-order valence-corrected chi connectivity index (χ4v) is 4.76. The summed E-state index contributed by atoms with van der Waals surface area (Å²) in [6.45, 7) is 5.90. The van der Waals surface area contributed by atoms with E-state index in [2.05, 4.69) is 13.5 Å². The highest BCUT2D eigenvalue weighted by molar-refractivity contribution is 5.81. The van der Waals surface area contributed by atoms with E-state index >= 15 is 0 Å². The van der Waals surface area contributed by atoms with Crippen LogP contribution in [0.1, 0.15) is 39.0 Å². The molecule has 0 heterocycles. The van der Waals surface area contributed by atoms with Crippen LogP contribution in [0.25, 0.3) is 0 Å². The minimum atomic E-state index is -0.234. The lowest BCUT2D eigenvalue weighted by Gasteiger charge is -2.58. The summed E-state index contributed by atoms with van der Waals surface area (Å²) in [6, 6.07) is 0. The van der Waals surface area contributed by atoms with Gasteiger partial charge in [0.25, 0.3) is 0 Å². The van der Waals surface area contributed by atoms with Gasteiger partial charge in [0.15, 0.2) is 0 Å². The van der Waals surface area contributed by atoms with Gasteiger partial charge >= 0.3 is 5.97 Å². The average molecular weight is 220 g/mol. The van der Waals surface area contributed by atoms with E-state index in [1.807, 2.05) is 0 Å². The zero-order valence-electron chi connectivity index (χ0n) is 9.95. The normalized spacial score (nSPS) is 49.1. The summed E-state index contributed by atoms with van der Waals surface area (Å²) in [7, 11) is 0. The van der Waals surface area contributed by atoms with Crippen LogP contribution >= 0.6 is 0 Å². The molecule has 0 aromatic rings. The third-order valence-corrected chi connectivity index (χ3v) is 4.91. The van der Waals surface area contributed by atoms with Crippen LogP contribution in [0.4, 0.5) is 0 Å². The summed E-state index contributed by atoms with van der Waals surface area (Å²) in [5, 5.41) is 0. The Balaban J connectivity index is 1.78. The molecule has 0 spiro atoms. The van der Waals surface area contributed by atoms with Gasteiger partial charge in [0.2, 0.25) is 0 Å². The second-order valence-corrected chi connectivity index (χ2v) is 6.39. The lowest BCUT2D eigenvalue weighted by Crippen LogP contribution is -2.53. The van der Waals surface area contributed by atoms with Crippen LogP contribution in [-0.2, 0) is 9.53 Å². The predicted molar refractivity (Wildman–Crippen MR) is 61.7 cm³/mol. The molecule has 4 aliphatic carbocycles. The molecule has 2 heteroatoms. The van der Waals surface area contributed by atoms with E-state index in [-0.39, 0.29) is 12.1 Å². The summed E-state index contributed by atoms with van der Waals surface area (Å²) >= 11 is 0. The van der Waals surface area contributed by atoms with Gasteiger partial charge in [-0.1, -0.05) is 13.5 Å². The Labute approximate surface area is 97.1 Å². The van der Waals surface area contributed by atoms with Crippen molar-refractivity contribution in [2.24, 2.45) is 23.2 Å². The van der Waals surface area contributed by atoms with E-state index < -0.39 is 0 Å². The molecular formula is C14H20O2. The van der Waals surface area contributed by atoms with Gasteiger partial charge in [-0.2, -0.15) is 0 Å². The number of carbonyl (C=O) groups excluding carboxylic acids is 1. The fourth-order valence-electron chi connectivity index (χ4n) is 4.76. The average Bonchev–Trinajstić information content (AvgIpc) is 2.20. The molecule has 4 rings (SSSR count). The Hall–Kier alpha value is -0.790. The molecule has 4 aliphatic rings. The Kier molecular flexibility index (Phi) is 2.17. The first-order valence-corrected chi connectivity index (χ1v) is 6.43. The maximum atomic E-state index is 11.3. The van der Waals surface area contributed by atoms with E-state index in [0.29, 0.717) is 17.3 Å². The summed E-state index contributed by atoms with van der Waals surface area (Å²) in [6.07, 6.45) is 7.97. The molecule has 4 saturated carbocycles. The molecule has 2 unspecified atom stereocenters. The van der Waals surface area contributed by atoms with E-state index in [1.165, 1.54) is 38.2 Å². The van der Waals surface area contributed by atoms with Crippen LogP contribution in [0, 0.1) is 23.2 Å². The maximum absolute atomic E-state index is 11.3. The Bertz CT molecular complexity index is 318. The molecule has 16 heavy (non-hydrogen) atoms. The summed E-state index contributed by atoms with van der Waals surface area (Å²) < 4.78 is 5.56. The lowest BCUT2D eigenvalue weighted by atomic mass is 9.49. The fraction of sp³-hybridized carbons (Fsp3) is 0.786. The third-order valence-electron chi connectivity index (χ3n) is 4.91. The second kappa shape index (κ2) is 3.35. The van der Waals surface area contributed by atoms with Crippen molar-refractivity contribution in [1.29, 1.82) is 0 Å². The molecule has 0 aromatic carbocycles. The van der Waals surface area contributed by atoms with Crippen molar-refractivity contribution >= 4 is 5.97 Å². The minimum absolute atomic E-state index is 0.190. The first-order valence-electron chi connectivity index (χ1n) is 6.43. The quantitative estimate of drug-likeness (QED) is 0.528. The van der Waals surface area contributed by atoms with Crippen molar-refractivity contribution in [2.75, 3.05) is 0 Å². The van der Waals surface area contributed by atoms with Gasteiger partial charge in [-0.05, 0) is 55.3 Å². The van der Waals surface area contributed by atoms with Crippen LogP contribution in [0.15, 0.2) is 12.7 Å². The number of hydrogen-bond donors (Lipinski definition) is 0. The highest BCUT2D eigenvalue weighted by atomic mass is 16.5. The summed E-state index contributed by atoms with van der Waals surface area (Å²) in [4.78, 5) is 11.3. The highest BCUT2D eigenvalue weighted by Gasteiger charge is 2.54. The van der Waals surface area contributed by atoms with Crippen LogP contribution in [0.2, 0.25) is 0 Å². The molecule has 4 fully saturated rings. The SMILES string of the molecule is C=CC(=O)OC1C2CC3CC1CC(C)(C3)C2. The van der Waals surface area contributed by atoms with Gasteiger partial charge < -0.3 is 4.74 Å². The number of rotatable bonds is 2. The molecule has 2 nitrogen and oxygen atoms in total. The van der Waals surface area contributed by atoms with E-state index in [0.717, 1.165) is 5.92 Å². The van der Waals surface area contributed by atoms with Crippen molar-refractivity contribution in [1.82, 2.24) is 0 Å². The van der Waals surface area contributed by atoms with Crippen molar-refractivity contribution < 1.29 is 9.53 Å². The molecule has 4 bridgehead atoms. The molecule has 0 amide bonds. The minimum Gasteiger partial charge on any atom is -0.459 e. The van der Waals surface area contributed by atoms with Crippen molar-refractivity contribution in [3.63, 3.8) is 0 Å². The monoisotopic (exact) mass is 220 g/mol. The van der Waals surface area contributed by atoms with Crippen LogP contribution in [0.3, 0.4) is 0 Å². The Morgan fingerprint density at radius 1 is 1.31 bits per heavy atom. The van der Waals surface area contributed by atoms with Crippen LogP contribution < -0.4 is 0 Å². The van der Waals surface area contributed by atoms with Gasteiger partial charge in [-0.15, -0.1) is 0 Å². The molecule has 88 valence electrons. The van der Waals surface area contributed by atoms with Crippen molar-refractivity contribution in [3.05, 3.63) is 12.7 Å². The van der Waals surface area contributed by atoms with Crippen LogP contribution in [-0.4, -0.2) is 12.1 Å². The summed E-state index contributed by atoms with van der Waals surface area (Å²) in [5.41, 5.74) is 0.549. The molecule has 2 atom stereocenters. The standard InChI is InChI=1S/C14H20O2/c1-3-12(15)16-13-10-4-9-5-11(13)8-14(2,6-9)7-10/h3,9-11,13H,1,4-8H2,2H3. The van der Waals surface area contributed by atoms with Gasteiger partial charge in [-0.25, -0.2) is 4.79 Å².